The van der Waals surface area contributed by atoms with Crippen molar-refractivity contribution in [2.24, 2.45) is 0 Å². The lowest BCUT2D eigenvalue weighted by atomic mass is 10.1. The molecule has 154 valence electrons. The number of esters is 1. The Morgan fingerprint density at radius 3 is 2.43 bits per heavy atom. The number of carbonyl (C=O) groups excluding carboxylic acids is 2. The third-order valence-electron chi connectivity index (χ3n) is 4.11. The van der Waals surface area contributed by atoms with Crippen LogP contribution in [-0.4, -0.2) is 25.6 Å². The maximum Gasteiger partial charge on any atom is 0.345 e. The van der Waals surface area contributed by atoms with Gasteiger partial charge in [0.25, 0.3) is 5.91 Å². The van der Waals surface area contributed by atoms with Gasteiger partial charge in [-0.1, -0.05) is 48.5 Å². The molecule has 3 aromatic carbocycles. The van der Waals surface area contributed by atoms with Gasteiger partial charge in [0.05, 0.1) is 7.11 Å². The molecule has 0 aliphatic rings. The third kappa shape index (κ3) is 5.57. The van der Waals surface area contributed by atoms with Gasteiger partial charge in [-0.25, -0.2) is 9.18 Å². The molecule has 0 saturated carbocycles. The minimum Gasteiger partial charge on any atom is -0.497 e. The van der Waals surface area contributed by atoms with Crippen molar-refractivity contribution >= 4 is 17.6 Å². The van der Waals surface area contributed by atoms with Crippen LogP contribution < -0.4 is 14.8 Å². The molecule has 0 bridgehead atoms. The minimum absolute atomic E-state index is 0.0773. The lowest BCUT2D eigenvalue weighted by Crippen LogP contribution is -2.28. The van der Waals surface area contributed by atoms with Gasteiger partial charge in [-0.2, -0.15) is 0 Å². The quantitative estimate of drug-likeness (QED) is 0.566. The lowest BCUT2D eigenvalue weighted by Gasteiger charge is -2.18. The first-order valence-corrected chi connectivity index (χ1v) is 9.13. The molecular weight excluding hydrogens is 389 g/mol. The number of benzene rings is 3. The van der Waals surface area contributed by atoms with E-state index in [0.29, 0.717) is 17.0 Å². The van der Waals surface area contributed by atoms with Gasteiger partial charge in [-0.15, -0.1) is 0 Å². The summed E-state index contributed by atoms with van der Waals surface area (Å²) >= 11 is 0. The Balaban J connectivity index is 1.71. The molecule has 30 heavy (non-hydrogen) atoms. The summed E-state index contributed by atoms with van der Waals surface area (Å²) in [7, 11) is 1.52. The first kappa shape index (κ1) is 20.9. The summed E-state index contributed by atoms with van der Waals surface area (Å²) in [5.41, 5.74) is 0.969. The Kier molecular flexibility index (Phi) is 7.00. The fraction of sp³-hybridized carbons (Fsp3) is 0.130. The second kappa shape index (κ2) is 10.1. The molecule has 0 heterocycles. The number of ether oxygens (including phenoxy) is 3. The van der Waals surface area contributed by atoms with Gasteiger partial charge >= 0.3 is 5.97 Å². The van der Waals surface area contributed by atoms with Gasteiger partial charge in [0, 0.05) is 17.3 Å². The standard InChI is InChI=1S/C23H20FNO5/c1-28-18-11-7-10-17(14-18)25-23(27)22(16-8-3-2-4-9-16)30-21(26)15-29-20-13-6-5-12-19(20)24/h2-14,22H,15H2,1H3,(H,25,27)/t22-/m0/s1. The number of rotatable bonds is 8. The third-order valence-corrected chi connectivity index (χ3v) is 4.11. The maximum atomic E-state index is 13.6. The summed E-state index contributed by atoms with van der Waals surface area (Å²) in [6, 6.07) is 21.1. The molecule has 1 N–H and O–H groups in total. The van der Waals surface area contributed by atoms with E-state index >= 15 is 0 Å². The van der Waals surface area contributed by atoms with Gasteiger partial charge in [-0.05, 0) is 24.3 Å². The summed E-state index contributed by atoms with van der Waals surface area (Å²) < 4.78 is 29.3. The summed E-state index contributed by atoms with van der Waals surface area (Å²) in [5.74, 6) is -1.46. The smallest absolute Gasteiger partial charge is 0.345 e. The highest BCUT2D eigenvalue weighted by atomic mass is 19.1. The van der Waals surface area contributed by atoms with Crippen LogP contribution in [0.2, 0.25) is 0 Å². The maximum absolute atomic E-state index is 13.6. The molecule has 0 spiro atoms. The van der Waals surface area contributed by atoms with Crippen LogP contribution in [0.1, 0.15) is 11.7 Å². The Morgan fingerprint density at radius 1 is 0.967 bits per heavy atom. The van der Waals surface area contributed by atoms with E-state index in [0.717, 1.165) is 0 Å². The summed E-state index contributed by atoms with van der Waals surface area (Å²) in [4.78, 5) is 25.1. The van der Waals surface area contributed by atoms with Crippen molar-refractivity contribution in [3.63, 3.8) is 0 Å². The number of anilines is 1. The molecular formula is C23H20FNO5. The van der Waals surface area contributed by atoms with Crippen LogP contribution in [0.5, 0.6) is 11.5 Å². The van der Waals surface area contributed by atoms with Crippen LogP contribution in [0, 0.1) is 5.82 Å². The molecule has 0 unspecified atom stereocenters. The minimum atomic E-state index is -1.21. The number of para-hydroxylation sites is 1. The molecule has 0 aromatic heterocycles. The molecule has 0 aliphatic carbocycles. The average molecular weight is 409 g/mol. The van der Waals surface area contributed by atoms with Gasteiger partial charge in [0.2, 0.25) is 6.10 Å². The van der Waals surface area contributed by atoms with E-state index in [2.05, 4.69) is 5.32 Å². The molecule has 6 nitrogen and oxygen atoms in total. The first-order valence-electron chi connectivity index (χ1n) is 9.13. The molecule has 7 heteroatoms. The van der Waals surface area contributed by atoms with Crippen LogP contribution in [0.15, 0.2) is 78.9 Å². The van der Waals surface area contributed by atoms with E-state index in [-0.39, 0.29) is 5.75 Å². The number of hydrogen-bond acceptors (Lipinski definition) is 5. The van der Waals surface area contributed by atoms with E-state index in [4.69, 9.17) is 14.2 Å². The highest BCUT2D eigenvalue weighted by Gasteiger charge is 2.25. The normalized spacial score (nSPS) is 11.3. The van der Waals surface area contributed by atoms with Crippen molar-refractivity contribution in [1.82, 2.24) is 0 Å². The van der Waals surface area contributed by atoms with Crippen molar-refractivity contribution in [2.75, 3.05) is 19.0 Å². The number of nitrogens with one attached hydrogen (secondary N) is 1. The Labute approximate surface area is 173 Å². The number of methoxy groups -OCH3 is 1. The van der Waals surface area contributed by atoms with Crippen molar-refractivity contribution in [1.29, 1.82) is 0 Å². The van der Waals surface area contributed by atoms with E-state index in [1.54, 1.807) is 60.7 Å². The van der Waals surface area contributed by atoms with Crippen molar-refractivity contribution in [3.05, 3.63) is 90.2 Å². The van der Waals surface area contributed by atoms with Crippen molar-refractivity contribution < 1.29 is 28.2 Å². The zero-order chi connectivity index (χ0) is 21.3. The molecule has 0 aliphatic heterocycles. The number of halogens is 1. The Bertz CT molecular complexity index is 1010. The summed E-state index contributed by atoms with van der Waals surface area (Å²) in [5, 5.41) is 2.71. The fourth-order valence-corrected chi connectivity index (χ4v) is 2.67. The van der Waals surface area contributed by atoms with Crippen LogP contribution in [0.4, 0.5) is 10.1 Å². The second-order valence-corrected chi connectivity index (χ2v) is 6.22. The van der Waals surface area contributed by atoms with Gasteiger partial charge < -0.3 is 19.5 Å². The van der Waals surface area contributed by atoms with Crippen LogP contribution >= 0.6 is 0 Å². The van der Waals surface area contributed by atoms with Crippen molar-refractivity contribution in [3.8, 4) is 11.5 Å². The summed E-state index contributed by atoms with van der Waals surface area (Å²) in [6.07, 6.45) is -1.21. The van der Waals surface area contributed by atoms with Gasteiger partial charge in [0.15, 0.2) is 18.2 Å². The van der Waals surface area contributed by atoms with Crippen LogP contribution in [-0.2, 0) is 14.3 Å². The number of carbonyl (C=O) groups is 2. The molecule has 1 atom stereocenters. The molecule has 0 fully saturated rings. The molecule has 0 saturated heterocycles. The Morgan fingerprint density at radius 2 is 1.70 bits per heavy atom. The largest absolute Gasteiger partial charge is 0.497 e. The average Bonchev–Trinajstić information content (AvgIpc) is 2.77. The highest BCUT2D eigenvalue weighted by Crippen LogP contribution is 2.23. The topological polar surface area (TPSA) is 73.9 Å². The predicted molar refractivity (Wildman–Crippen MR) is 109 cm³/mol. The predicted octanol–water partition coefficient (Wildman–Crippen LogP) is 4.14. The monoisotopic (exact) mass is 409 g/mol. The van der Waals surface area contributed by atoms with Gasteiger partial charge in [-0.3, -0.25) is 4.79 Å². The first-order chi connectivity index (χ1) is 14.6. The van der Waals surface area contributed by atoms with E-state index in [1.807, 2.05) is 0 Å². The van der Waals surface area contributed by atoms with Gasteiger partial charge in [0.1, 0.15) is 5.75 Å². The number of amides is 1. The molecule has 1 amide bonds. The zero-order valence-corrected chi connectivity index (χ0v) is 16.2. The number of hydrogen-bond donors (Lipinski definition) is 1. The molecule has 3 aromatic rings. The summed E-state index contributed by atoms with van der Waals surface area (Å²) in [6.45, 7) is -0.545. The fourth-order valence-electron chi connectivity index (χ4n) is 2.67. The van der Waals surface area contributed by atoms with Crippen LogP contribution in [0.25, 0.3) is 0 Å². The van der Waals surface area contributed by atoms with E-state index < -0.39 is 30.4 Å². The van der Waals surface area contributed by atoms with E-state index in [9.17, 15) is 14.0 Å². The Hall–Kier alpha value is -3.87. The molecule has 3 rings (SSSR count). The van der Waals surface area contributed by atoms with E-state index in [1.165, 1.54) is 25.3 Å². The SMILES string of the molecule is COc1cccc(NC(=O)[C@@H](OC(=O)COc2ccccc2F)c2ccccc2)c1. The van der Waals surface area contributed by atoms with Crippen LogP contribution in [0.3, 0.4) is 0 Å². The molecule has 0 radical (unpaired) electrons. The highest BCUT2D eigenvalue weighted by molar-refractivity contribution is 5.96. The zero-order valence-electron chi connectivity index (χ0n) is 16.2. The second-order valence-electron chi connectivity index (χ2n) is 6.22. The van der Waals surface area contributed by atoms with Crippen molar-refractivity contribution in [2.45, 2.75) is 6.10 Å². The lowest BCUT2D eigenvalue weighted by molar-refractivity contribution is -0.156.